The summed E-state index contributed by atoms with van der Waals surface area (Å²) in [5.74, 6) is 0.395. The van der Waals surface area contributed by atoms with Gasteiger partial charge >= 0.3 is 5.97 Å². The van der Waals surface area contributed by atoms with E-state index in [-0.39, 0.29) is 5.97 Å². The first-order valence-electron chi connectivity index (χ1n) is 5.41. The van der Waals surface area contributed by atoms with Crippen LogP contribution >= 0.6 is 0 Å². The molecule has 4 heteroatoms. The van der Waals surface area contributed by atoms with Crippen LogP contribution in [-0.4, -0.2) is 20.2 Å². The Kier molecular flexibility index (Phi) is 4.12. The van der Waals surface area contributed by atoms with Crippen molar-refractivity contribution in [2.45, 2.75) is 19.9 Å². The molecule has 0 unspecified atom stereocenters. The number of nitrogens with two attached hydrogens (primary N) is 1. The summed E-state index contributed by atoms with van der Waals surface area (Å²) >= 11 is 0. The van der Waals surface area contributed by atoms with E-state index in [9.17, 15) is 4.79 Å². The molecule has 0 bridgehead atoms. The minimum atomic E-state index is -0.777. The summed E-state index contributed by atoms with van der Waals surface area (Å²) in [6.45, 7) is 3.53. The molecule has 0 fully saturated rings. The lowest BCUT2D eigenvalue weighted by Crippen LogP contribution is -2.37. The summed E-state index contributed by atoms with van der Waals surface area (Å²) in [7, 11) is 2.96. The Morgan fingerprint density at radius 1 is 1.35 bits per heavy atom. The van der Waals surface area contributed by atoms with Crippen LogP contribution in [0.4, 0.5) is 0 Å². The van der Waals surface area contributed by atoms with Crippen molar-refractivity contribution in [3.05, 3.63) is 29.8 Å². The van der Waals surface area contributed by atoms with Gasteiger partial charge in [-0.15, -0.1) is 0 Å². The Morgan fingerprint density at radius 2 is 2.00 bits per heavy atom. The second kappa shape index (κ2) is 5.19. The van der Waals surface area contributed by atoms with Crippen molar-refractivity contribution in [3.63, 3.8) is 0 Å². The third kappa shape index (κ3) is 2.77. The van der Waals surface area contributed by atoms with E-state index in [1.807, 2.05) is 24.3 Å². The molecule has 17 heavy (non-hydrogen) atoms. The quantitative estimate of drug-likeness (QED) is 0.812. The predicted molar refractivity (Wildman–Crippen MR) is 65.7 cm³/mol. The second-order valence-corrected chi connectivity index (χ2v) is 4.47. The van der Waals surface area contributed by atoms with E-state index in [2.05, 4.69) is 0 Å². The summed E-state index contributed by atoms with van der Waals surface area (Å²) in [4.78, 5) is 11.7. The minimum absolute atomic E-state index is 0.326. The van der Waals surface area contributed by atoms with Crippen LogP contribution in [0.1, 0.15) is 25.5 Å². The average Bonchev–Trinajstić information content (AvgIpc) is 2.36. The van der Waals surface area contributed by atoms with Crippen molar-refractivity contribution in [3.8, 4) is 5.75 Å². The molecule has 1 aromatic rings. The molecule has 0 aromatic heterocycles. The van der Waals surface area contributed by atoms with E-state index in [0.29, 0.717) is 0 Å². The molecule has 0 aliphatic heterocycles. The topological polar surface area (TPSA) is 61.5 Å². The number of hydrogen-bond acceptors (Lipinski definition) is 4. The summed E-state index contributed by atoms with van der Waals surface area (Å²) in [6.07, 6.45) is 0. The van der Waals surface area contributed by atoms with Crippen LogP contribution < -0.4 is 10.5 Å². The van der Waals surface area contributed by atoms with E-state index >= 15 is 0 Å². The number of rotatable bonds is 4. The minimum Gasteiger partial charge on any atom is -0.497 e. The van der Waals surface area contributed by atoms with E-state index in [4.69, 9.17) is 15.2 Å². The predicted octanol–water partition coefficient (Wildman–Crippen LogP) is 1.89. The van der Waals surface area contributed by atoms with E-state index in [0.717, 1.165) is 11.3 Å². The van der Waals surface area contributed by atoms with Gasteiger partial charge in [0.2, 0.25) is 0 Å². The first kappa shape index (κ1) is 13.5. The molecular formula is C13H19NO3. The molecule has 0 amide bonds. The lowest BCUT2D eigenvalue weighted by Gasteiger charge is -2.29. The van der Waals surface area contributed by atoms with Gasteiger partial charge in [-0.2, -0.15) is 0 Å². The van der Waals surface area contributed by atoms with Gasteiger partial charge in [0.05, 0.1) is 19.6 Å². The fourth-order valence-electron chi connectivity index (χ4n) is 1.64. The van der Waals surface area contributed by atoms with Gasteiger partial charge in [-0.25, -0.2) is 0 Å². The molecule has 2 N–H and O–H groups in total. The Morgan fingerprint density at radius 3 is 2.53 bits per heavy atom. The molecule has 0 radical (unpaired) electrons. The van der Waals surface area contributed by atoms with Gasteiger partial charge in [0.15, 0.2) is 0 Å². The maximum Gasteiger partial charge on any atom is 0.313 e. The summed E-state index contributed by atoms with van der Waals surface area (Å²) < 4.78 is 9.90. The highest BCUT2D eigenvalue weighted by Crippen LogP contribution is 2.33. The number of benzene rings is 1. The van der Waals surface area contributed by atoms with Gasteiger partial charge in [0, 0.05) is 6.04 Å². The first-order valence-corrected chi connectivity index (χ1v) is 5.41. The van der Waals surface area contributed by atoms with Crippen LogP contribution in [0.15, 0.2) is 24.3 Å². The molecule has 1 aromatic carbocycles. The molecule has 0 saturated carbocycles. The van der Waals surface area contributed by atoms with Crippen LogP contribution in [0.2, 0.25) is 0 Å². The van der Waals surface area contributed by atoms with Crippen molar-refractivity contribution in [2.24, 2.45) is 11.1 Å². The largest absolute Gasteiger partial charge is 0.497 e. The Balaban J connectivity index is 3.02. The van der Waals surface area contributed by atoms with Gasteiger partial charge in [0.25, 0.3) is 0 Å². The maximum absolute atomic E-state index is 11.7. The molecule has 0 heterocycles. The fourth-order valence-corrected chi connectivity index (χ4v) is 1.64. The van der Waals surface area contributed by atoms with Crippen LogP contribution in [-0.2, 0) is 9.53 Å². The highest BCUT2D eigenvalue weighted by molar-refractivity contribution is 5.77. The van der Waals surface area contributed by atoms with E-state index < -0.39 is 11.5 Å². The first-order chi connectivity index (χ1) is 7.93. The Hall–Kier alpha value is -1.55. The van der Waals surface area contributed by atoms with E-state index in [1.54, 1.807) is 21.0 Å². The van der Waals surface area contributed by atoms with Crippen molar-refractivity contribution < 1.29 is 14.3 Å². The number of esters is 1. The number of ether oxygens (including phenoxy) is 2. The molecular weight excluding hydrogens is 218 g/mol. The monoisotopic (exact) mass is 237 g/mol. The number of carbonyl (C=O) groups excluding carboxylic acids is 1. The average molecular weight is 237 g/mol. The highest BCUT2D eigenvalue weighted by Gasteiger charge is 2.36. The summed E-state index contributed by atoms with van der Waals surface area (Å²) in [5, 5.41) is 0. The maximum atomic E-state index is 11.7. The fraction of sp³-hybridized carbons (Fsp3) is 0.462. The lowest BCUT2D eigenvalue weighted by molar-refractivity contribution is -0.152. The Bertz CT molecular complexity index is 401. The number of methoxy groups -OCH3 is 2. The lowest BCUT2D eigenvalue weighted by atomic mass is 9.81. The SMILES string of the molecule is COC(=O)C(C)(C)[C@@H](N)c1cccc(OC)c1. The van der Waals surface area contributed by atoms with Crippen LogP contribution in [0.5, 0.6) is 5.75 Å². The normalized spacial score (nSPS) is 13.0. The summed E-state index contributed by atoms with van der Waals surface area (Å²) in [5.41, 5.74) is 6.19. The highest BCUT2D eigenvalue weighted by atomic mass is 16.5. The molecule has 4 nitrogen and oxygen atoms in total. The Labute approximate surface area is 102 Å². The van der Waals surface area contributed by atoms with Crippen LogP contribution in [0.25, 0.3) is 0 Å². The standard InChI is InChI=1S/C13H19NO3/c1-13(2,12(15)17-4)11(14)9-6-5-7-10(8-9)16-3/h5-8,11H,14H2,1-4H3/t11-/m0/s1. The van der Waals surface area contributed by atoms with Crippen molar-refractivity contribution in [2.75, 3.05) is 14.2 Å². The van der Waals surface area contributed by atoms with Crippen molar-refractivity contribution in [1.82, 2.24) is 0 Å². The van der Waals surface area contributed by atoms with Crippen LogP contribution in [0, 0.1) is 5.41 Å². The molecule has 0 aliphatic rings. The molecule has 94 valence electrons. The van der Waals surface area contributed by atoms with E-state index in [1.165, 1.54) is 7.11 Å². The molecule has 0 aliphatic carbocycles. The third-order valence-electron chi connectivity index (χ3n) is 2.94. The van der Waals surface area contributed by atoms with Crippen LogP contribution in [0.3, 0.4) is 0 Å². The third-order valence-corrected chi connectivity index (χ3v) is 2.94. The van der Waals surface area contributed by atoms with Crippen molar-refractivity contribution in [1.29, 1.82) is 0 Å². The van der Waals surface area contributed by atoms with Gasteiger partial charge in [-0.1, -0.05) is 12.1 Å². The molecule has 1 atom stereocenters. The number of hydrogen-bond donors (Lipinski definition) is 1. The van der Waals surface area contributed by atoms with Gasteiger partial charge in [-0.3, -0.25) is 4.79 Å². The zero-order chi connectivity index (χ0) is 13.1. The summed E-state index contributed by atoms with van der Waals surface area (Å²) in [6, 6.07) is 6.95. The zero-order valence-electron chi connectivity index (χ0n) is 10.7. The smallest absolute Gasteiger partial charge is 0.313 e. The van der Waals surface area contributed by atoms with Crippen molar-refractivity contribution >= 4 is 5.97 Å². The molecule has 1 rings (SSSR count). The zero-order valence-corrected chi connectivity index (χ0v) is 10.7. The molecule has 0 spiro atoms. The van der Waals surface area contributed by atoms with Gasteiger partial charge < -0.3 is 15.2 Å². The van der Waals surface area contributed by atoms with Gasteiger partial charge in [0.1, 0.15) is 5.75 Å². The second-order valence-electron chi connectivity index (χ2n) is 4.47. The van der Waals surface area contributed by atoms with Gasteiger partial charge in [-0.05, 0) is 31.5 Å². The molecule has 0 saturated heterocycles. The number of carbonyl (C=O) groups is 1.